The third-order valence-electron chi connectivity index (χ3n) is 2.60. The Morgan fingerprint density at radius 1 is 1.50 bits per heavy atom. The molecule has 2 aromatic rings. The van der Waals surface area contributed by atoms with Crippen molar-refractivity contribution in [3.05, 3.63) is 50.6 Å². The van der Waals surface area contributed by atoms with Crippen LogP contribution in [0.25, 0.3) is 0 Å². The van der Waals surface area contributed by atoms with E-state index >= 15 is 0 Å². The van der Waals surface area contributed by atoms with Crippen LogP contribution in [0.1, 0.15) is 10.4 Å². The molecule has 20 heavy (non-hydrogen) atoms. The predicted octanol–water partition coefficient (Wildman–Crippen LogP) is 4.05. The van der Waals surface area contributed by atoms with Crippen molar-refractivity contribution in [3.8, 4) is 6.07 Å². The highest BCUT2D eigenvalue weighted by Gasteiger charge is 2.10. The lowest BCUT2D eigenvalue weighted by atomic mass is 10.2. The summed E-state index contributed by atoms with van der Waals surface area (Å²) in [7, 11) is 1.73. The first-order valence-electron chi connectivity index (χ1n) is 5.83. The molecule has 2 rings (SSSR count). The Morgan fingerprint density at radius 2 is 2.30 bits per heavy atom. The van der Waals surface area contributed by atoms with Crippen molar-refractivity contribution in [2.75, 3.05) is 12.4 Å². The standard InChI is InChI=1S/C14H12BrN3OS/c1-18(8-13-6-11(15)9-20-13)14(19)17-12-4-2-3-10(5-12)7-16/h2-6,9H,8H2,1H3,(H,17,19). The number of carbonyl (C=O) groups excluding carboxylic acids is 1. The molecule has 0 fully saturated rings. The number of nitrogens with zero attached hydrogens (tertiary/aromatic N) is 2. The summed E-state index contributed by atoms with van der Waals surface area (Å²) in [6.45, 7) is 0.542. The van der Waals surface area contributed by atoms with Crippen molar-refractivity contribution >= 4 is 39.0 Å². The fraction of sp³-hybridized carbons (Fsp3) is 0.143. The number of halogens is 1. The van der Waals surface area contributed by atoms with Crippen LogP contribution in [-0.2, 0) is 6.54 Å². The summed E-state index contributed by atoms with van der Waals surface area (Å²) in [5.41, 5.74) is 1.14. The third kappa shape index (κ3) is 3.83. The van der Waals surface area contributed by atoms with Crippen LogP contribution in [0.2, 0.25) is 0 Å². The number of carbonyl (C=O) groups is 1. The van der Waals surface area contributed by atoms with Gasteiger partial charge in [0, 0.05) is 27.5 Å². The van der Waals surface area contributed by atoms with E-state index in [4.69, 9.17) is 5.26 Å². The number of thiophene rings is 1. The second kappa shape index (κ2) is 6.55. The molecule has 6 heteroatoms. The van der Waals surface area contributed by atoms with E-state index in [1.165, 1.54) is 0 Å². The number of urea groups is 1. The first-order valence-corrected chi connectivity index (χ1v) is 7.51. The molecule has 4 nitrogen and oxygen atoms in total. The maximum Gasteiger partial charge on any atom is 0.321 e. The molecule has 0 spiro atoms. The lowest BCUT2D eigenvalue weighted by Crippen LogP contribution is -2.30. The van der Waals surface area contributed by atoms with E-state index in [0.717, 1.165) is 9.35 Å². The van der Waals surface area contributed by atoms with E-state index in [-0.39, 0.29) is 6.03 Å². The fourth-order valence-electron chi connectivity index (χ4n) is 1.63. The molecular weight excluding hydrogens is 338 g/mol. The van der Waals surface area contributed by atoms with E-state index in [9.17, 15) is 4.79 Å². The summed E-state index contributed by atoms with van der Waals surface area (Å²) >= 11 is 4.99. The number of hydrogen-bond acceptors (Lipinski definition) is 3. The molecule has 0 saturated heterocycles. The van der Waals surface area contributed by atoms with E-state index in [2.05, 4.69) is 21.2 Å². The fourth-order valence-corrected chi connectivity index (χ4v) is 3.13. The van der Waals surface area contributed by atoms with E-state index in [0.29, 0.717) is 17.8 Å². The highest BCUT2D eigenvalue weighted by molar-refractivity contribution is 9.10. The van der Waals surface area contributed by atoms with Gasteiger partial charge in [0.2, 0.25) is 0 Å². The van der Waals surface area contributed by atoms with Crippen LogP contribution in [-0.4, -0.2) is 18.0 Å². The summed E-state index contributed by atoms with van der Waals surface area (Å²) < 4.78 is 1.02. The zero-order chi connectivity index (χ0) is 14.5. The zero-order valence-electron chi connectivity index (χ0n) is 10.8. The number of nitriles is 1. The van der Waals surface area contributed by atoms with Gasteiger partial charge in [-0.3, -0.25) is 0 Å². The molecule has 0 unspecified atom stereocenters. The highest BCUT2D eigenvalue weighted by atomic mass is 79.9. The predicted molar refractivity (Wildman–Crippen MR) is 83.7 cm³/mol. The number of rotatable bonds is 3. The number of anilines is 1. The molecule has 0 aliphatic heterocycles. The first kappa shape index (κ1) is 14.6. The Hall–Kier alpha value is -1.84. The quantitative estimate of drug-likeness (QED) is 0.908. The monoisotopic (exact) mass is 349 g/mol. The summed E-state index contributed by atoms with van der Waals surface area (Å²) in [5, 5.41) is 13.6. The van der Waals surface area contributed by atoms with Crippen molar-refractivity contribution in [2.24, 2.45) is 0 Å². The largest absolute Gasteiger partial charge is 0.322 e. The molecular formula is C14H12BrN3OS. The van der Waals surface area contributed by atoms with Crippen molar-refractivity contribution in [1.82, 2.24) is 4.90 Å². The molecule has 0 aliphatic carbocycles. The van der Waals surface area contributed by atoms with E-state index in [1.54, 1.807) is 47.5 Å². The van der Waals surface area contributed by atoms with Crippen LogP contribution in [0, 0.1) is 11.3 Å². The lowest BCUT2D eigenvalue weighted by Gasteiger charge is -2.17. The van der Waals surface area contributed by atoms with Gasteiger partial charge in [0.1, 0.15) is 0 Å². The molecule has 1 aromatic heterocycles. The van der Waals surface area contributed by atoms with Crippen molar-refractivity contribution < 1.29 is 4.79 Å². The minimum absolute atomic E-state index is 0.204. The Bertz CT molecular complexity index is 662. The summed E-state index contributed by atoms with van der Waals surface area (Å²) in [4.78, 5) is 14.7. The van der Waals surface area contributed by atoms with Gasteiger partial charge >= 0.3 is 6.03 Å². The van der Waals surface area contributed by atoms with Crippen molar-refractivity contribution in [1.29, 1.82) is 5.26 Å². The Balaban J connectivity index is 1.98. The van der Waals surface area contributed by atoms with Crippen LogP contribution < -0.4 is 5.32 Å². The Morgan fingerprint density at radius 3 is 2.95 bits per heavy atom. The molecule has 1 aromatic carbocycles. The van der Waals surface area contributed by atoms with Crippen LogP contribution in [0.5, 0.6) is 0 Å². The van der Waals surface area contributed by atoms with Crippen molar-refractivity contribution in [3.63, 3.8) is 0 Å². The molecule has 0 aliphatic rings. The molecule has 102 valence electrons. The molecule has 1 heterocycles. The summed E-state index contributed by atoms with van der Waals surface area (Å²) in [6.07, 6.45) is 0. The molecule has 2 amide bonds. The van der Waals surface area contributed by atoms with Gasteiger partial charge in [0.15, 0.2) is 0 Å². The Labute approximate surface area is 129 Å². The van der Waals surface area contributed by atoms with Gasteiger partial charge in [-0.15, -0.1) is 11.3 Å². The first-order chi connectivity index (χ1) is 9.58. The molecule has 0 radical (unpaired) electrons. The lowest BCUT2D eigenvalue weighted by molar-refractivity contribution is 0.221. The minimum Gasteiger partial charge on any atom is -0.322 e. The average Bonchev–Trinajstić information content (AvgIpc) is 2.84. The number of benzene rings is 1. The van der Waals surface area contributed by atoms with Gasteiger partial charge in [-0.25, -0.2) is 4.79 Å². The van der Waals surface area contributed by atoms with Crippen LogP contribution in [0.3, 0.4) is 0 Å². The second-order valence-corrected chi connectivity index (χ2v) is 6.12. The third-order valence-corrected chi connectivity index (χ3v) is 4.29. The van der Waals surface area contributed by atoms with Crippen molar-refractivity contribution in [2.45, 2.75) is 6.54 Å². The second-order valence-electron chi connectivity index (χ2n) is 4.21. The normalized spacial score (nSPS) is 9.85. The van der Waals surface area contributed by atoms with Crippen LogP contribution >= 0.6 is 27.3 Å². The molecule has 0 atom stereocenters. The topological polar surface area (TPSA) is 56.1 Å². The summed E-state index contributed by atoms with van der Waals surface area (Å²) in [6, 6.07) is 10.7. The number of nitrogens with one attached hydrogen (secondary N) is 1. The highest BCUT2D eigenvalue weighted by Crippen LogP contribution is 2.21. The number of amides is 2. The maximum absolute atomic E-state index is 12.0. The minimum atomic E-state index is -0.204. The van der Waals surface area contributed by atoms with Gasteiger partial charge in [-0.05, 0) is 40.2 Å². The van der Waals surface area contributed by atoms with Gasteiger partial charge in [0.05, 0.1) is 18.2 Å². The van der Waals surface area contributed by atoms with Gasteiger partial charge in [-0.1, -0.05) is 6.07 Å². The maximum atomic E-state index is 12.0. The van der Waals surface area contributed by atoms with Gasteiger partial charge < -0.3 is 10.2 Å². The molecule has 0 saturated carbocycles. The smallest absolute Gasteiger partial charge is 0.321 e. The SMILES string of the molecule is CN(Cc1cc(Br)cs1)C(=O)Nc1cccc(C#N)c1. The average molecular weight is 350 g/mol. The van der Waals surface area contributed by atoms with Gasteiger partial charge in [0.25, 0.3) is 0 Å². The van der Waals surface area contributed by atoms with E-state index < -0.39 is 0 Å². The zero-order valence-corrected chi connectivity index (χ0v) is 13.2. The number of hydrogen-bond donors (Lipinski definition) is 1. The molecule has 0 bridgehead atoms. The molecule has 1 N–H and O–H groups in total. The van der Waals surface area contributed by atoms with Crippen LogP contribution in [0.4, 0.5) is 10.5 Å². The van der Waals surface area contributed by atoms with Crippen LogP contribution in [0.15, 0.2) is 40.2 Å². The van der Waals surface area contributed by atoms with E-state index in [1.807, 2.05) is 17.5 Å². The Kier molecular flexibility index (Phi) is 4.77. The van der Waals surface area contributed by atoms with Gasteiger partial charge in [-0.2, -0.15) is 5.26 Å². The summed E-state index contributed by atoms with van der Waals surface area (Å²) in [5.74, 6) is 0.